The molecule has 0 atom stereocenters. The van der Waals surface area contributed by atoms with Gasteiger partial charge in [0, 0.05) is 26.6 Å². The Morgan fingerprint density at radius 1 is 0.340 bits per heavy atom. The lowest BCUT2D eigenvalue weighted by Crippen LogP contribution is -1.94. The fourth-order valence-corrected chi connectivity index (χ4v) is 8.56. The SMILES string of the molecule is c1ccc(-c2cc(-c3ccccc3)cc(-c3cccc(-c4cccc(-c5nc(-c6cccc7ccccc67)nc6sc7ccccc7c56)c4)c3)c2)cc1. The van der Waals surface area contributed by atoms with E-state index in [1.54, 1.807) is 11.3 Å². The molecule has 2 heterocycles. The van der Waals surface area contributed by atoms with Gasteiger partial charge in [0.1, 0.15) is 4.83 Å². The summed E-state index contributed by atoms with van der Waals surface area (Å²) < 4.78 is 1.21. The van der Waals surface area contributed by atoms with Gasteiger partial charge in [-0.05, 0) is 91.7 Å². The van der Waals surface area contributed by atoms with Gasteiger partial charge < -0.3 is 0 Å². The average molecular weight is 693 g/mol. The van der Waals surface area contributed by atoms with Gasteiger partial charge in [-0.25, -0.2) is 9.97 Å². The molecule has 0 N–H and O–H groups in total. The first kappa shape index (κ1) is 31.1. The highest BCUT2D eigenvalue weighted by molar-refractivity contribution is 7.25. The lowest BCUT2D eigenvalue weighted by molar-refractivity contribution is 1.25. The zero-order valence-corrected chi connectivity index (χ0v) is 29.6. The maximum Gasteiger partial charge on any atom is 0.162 e. The molecule has 0 unspecified atom stereocenters. The van der Waals surface area contributed by atoms with Gasteiger partial charge in [-0.2, -0.15) is 0 Å². The molecule has 8 aromatic carbocycles. The van der Waals surface area contributed by atoms with Gasteiger partial charge in [-0.15, -0.1) is 11.3 Å². The van der Waals surface area contributed by atoms with Gasteiger partial charge in [-0.3, -0.25) is 0 Å². The van der Waals surface area contributed by atoms with Crippen molar-refractivity contribution in [3.63, 3.8) is 0 Å². The number of hydrogen-bond donors (Lipinski definition) is 0. The second-order valence-electron chi connectivity index (χ2n) is 13.4. The van der Waals surface area contributed by atoms with E-state index in [-0.39, 0.29) is 0 Å². The second-order valence-corrected chi connectivity index (χ2v) is 14.4. The lowest BCUT2D eigenvalue weighted by atomic mass is 9.92. The lowest BCUT2D eigenvalue weighted by Gasteiger charge is -2.13. The fourth-order valence-electron chi connectivity index (χ4n) is 7.49. The monoisotopic (exact) mass is 692 g/mol. The Hall–Kier alpha value is -6.68. The van der Waals surface area contributed by atoms with E-state index in [9.17, 15) is 0 Å². The van der Waals surface area contributed by atoms with E-state index in [1.165, 1.54) is 48.9 Å². The van der Waals surface area contributed by atoms with Crippen molar-refractivity contribution in [2.75, 3.05) is 0 Å². The molecule has 0 saturated carbocycles. The van der Waals surface area contributed by atoms with E-state index in [0.29, 0.717) is 0 Å². The molecule has 0 bridgehead atoms. The van der Waals surface area contributed by atoms with Crippen LogP contribution < -0.4 is 0 Å². The highest BCUT2D eigenvalue weighted by atomic mass is 32.1. The largest absolute Gasteiger partial charge is 0.227 e. The highest BCUT2D eigenvalue weighted by Gasteiger charge is 2.18. The molecular weight excluding hydrogens is 661 g/mol. The fraction of sp³-hybridized carbons (Fsp3) is 0. The van der Waals surface area contributed by atoms with Crippen LogP contribution in [0.3, 0.4) is 0 Å². The molecule has 0 saturated heterocycles. The summed E-state index contributed by atoms with van der Waals surface area (Å²) in [6.45, 7) is 0. The molecule has 0 amide bonds. The first-order valence-corrected chi connectivity index (χ1v) is 18.7. The molecule has 0 radical (unpaired) electrons. The van der Waals surface area contributed by atoms with Crippen molar-refractivity contribution in [3.8, 4) is 67.2 Å². The van der Waals surface area contributed by atoms with Crippen molar-refractivity contribution >= 4 is 42.4 Å². The first-order valence-electron chi connectivity index (χ1n) is 17.9. The van der Waals surface area contributed by atoms with Crippen LogP contribution in [0.5, 0.6) is 0 Å². The van der Waals surface area contributed by atoms with Gasteiger partial charge in [0.15, 0.2) is 5.82 Å². The molecule has 53 heavy (non-hydrogen) atoms. The minimum Gasteiger partial charge on any atom is -0.227 e. The van der Waals surface area contributed by atoms with Crippen LogP contribution in [-0.4, -0.2) is 9.97 Å². The van der Waals surface area contributed by atoms with Gasteiger partial charge in [-0.1, -0.05) is 158 Å². The molecule has 248 valence electrons. The number of benzene rings is 8. The first-order chi connectivity index (χ1) is 26.2. The molecule has 0 fully saturated rings. The predicted molar refractivity (Wildman–Crippen MR) is 225 cm³/mol. The summed E-state index contributed by atoms with van der Waals surface area (Å²) in [4.78, 5) is 11.6. The van der Waals surface area contributed by atoms with Crippen LogP contribution in [0.2, 0.25) is 0 Å². The van der Waals surface area contributed by atoms with Gasteiger partial charge in [0.25, 0.3) is 0 Å². The minimum absolute atomic E-state index is 0.746. The Bertz CT molecular complexity index is 2880. The summed E-state index contributed by atoms with van der Waals surface area (Å²) in [5.41, 5.74) is 12.5. The van der Waals surface area contributed by atoms with Crippen molar-refractivity contribution in [1.82, 2.24) is 9.97 Å². The Balaban J connectivity index is 1.12. The van der Waals surface area contributed by atoms with E-state index in [2.05, 4.69) is 194 Å². The number of thiophene rings is 1. The number of fused-ring (bicyclic) bond motifs is 4. The minimum atomic E-state index is 0.746. The van der Waals surface area contributed by atoms with Crippen LogP contribution in [-0.2, 0) is 0 Å². The summed E-state index contributed by atoms with van der Waals surface area (Å²) in [7, 11) is 0. The molecule has 3 heteroatoms. The van der Waals surface area contributed by atoms with Gasteiger partial charge >= 0.3 is 0 Å². The van der Waals surface area contributed by atoms with Crippen molar-refractivity contribution < 1.29 is 0 Å². The van der Waals surface area contributed by atoms with Crippen LogP contribution in [0.25, 0.3) is 98.2 Å². The van der Waals surface area contributed by atoms with Crippen LogP contribution in [0.15, 0.2) is 194 Å². The third kappa shape index (κ3) is 5.78. The molecule has 10 rings (SSSR count). The normalized spacial score (nSPS) is 11.4. The van der Waals surface area contributed by atoms with Crippen molar-refractivity contribution in [3.05, 3.63) is 194 Å². The maximum absolute atomic E-state index is 5.39. The highest BCUT2D eigenvalue weighted by Crippen LogP contribution is 2.41. The van der Waals surface area contributed by atoms with Crippen molar-refractivity contribution in [1.29, 1.82) is 0 Å². The Morgan fingerprint density at radius 2 is 0.811 bits per heavy atom. The molecule has 0 spiro atoms. The van der Waals surface area contributed by atoms with E-state index in [1.807, 2.05) is 0 Å². The smallest absolute Gasteiger partial charge is 0.162 e. The van der Waals surface area contributed by atoms with E-state index < -0.39 is 0 Å². The summed E-state index contributed by atoms with van der Waals surface area (Å²) in [5, 5.41) is 4.62. The molecule has 2 nitrogen and oxygen atoms in total. The van der Waals surface area contributed by atoms with Crippen LogP contribution in [0.1, 0.15) is 0 Å². The van der Waals surface area contributed by atoms with Crippen molar-refractivity contribution in [2.45, 2.75) is 0 Å². The number of hydrogen-bond acceptors (Lipinski definition) is 3. The third-order valence-corrected chi connectivity index (χ3v) is 11.1. The summed E-state index contributed by atoms with van der Waals surface area (Å²) in [5.74, 6) is 0.746. The number of aromatic nitrogens is 2. The van der Waals surface area contributed by atoms with Crippen LogP contribution >= 0.6 is 11.3 Å². The molecular formula is C50H32N2S. The third-order valence-electron chi connectivity index (χ3n) is 10.1. The van der Waals surface area contributed by atoms with Crippen LogP contribution in [0, 0.1) is 0 Å². The standard InChI is InChI=1S/C50H32N2S/c1-3-14-33(15-4-1)40-30-41(34-16-5-2-6-17-34)32-42(31-40)38-22-11-20-36(28-38)37-21-12-23-39(29-37)48-47-45-25-9-10-27-46(45)53-50(47)52-49(51-48)44-26-13-19-35-18-7-8-24-43(35)44/h1-32H. The van der Waals surface area contributed by atoms with Crippen molar-refractivity contribution in [2.24, 2.45) is 0 Å². The molecule has 0 aliphatic rings. The van der Waals surface area contributed by atoms with Crippen LogP contribution in [0.4, 0.5) is 0 Å². The Labute approximate surface area is 312 Å². The Morgan fingerprint density at radius 3 is 1.51 bits per heavy atom. The molecule has 0 aliphatic heterocycles. The maximum atomic E-state index is 5.39. The zero-order valence-electron chi connectivity index (χ0n) is 28.8. The van der Waals surface area contributed by atoms with E-state index >= 15 is 0 Å². The van der Waals surface area contributed by atoms with E-state index in [4.69, 9.17) is 9.97 Å². The topological polar surface area (TPSA) is 25.8 Å². The van der Waals surface area contributed by atoms with Gasteiger partial charge in [0.05, 0.1) is 5.69 Å². The second kappa shape index (κ2) is 13.1. The molecule has 0 aliphatic carbocycles. The van der Waals surface area contributed by atoms with E-state index in [0.717, 1.165) is 49.4 Å². The quantitative estimate of drug-likeness (QED) is 0.173. The molecule has 10 aromatic rings. The summed E-state index contributed by atoms with van der Waals surface area (Å²) >= 11 is 1.73. The number of rotatable bonds is 6. The Kier molecular flexibility index (Phi) is 7.71. The zero-order chi connectivity index (χ0) is 35.1. The summed E-state index contributed by atoms with van der Waals surface area (Å²) in [6, 6.07) is 69.4. The summed E-state index contributed by atoms with van der Waals surface area (Å²) in [6.07, 6.45) is 0. The molecule has 2 aromatic heterocycles. The van der Waals surface area contributed by atoms with Gasteiger partial charge in [0.2, 0.25) is 0 Å². The predicted octanol–water partition coefficient (Wildman–Crippen LogP) is 14.0. The number of nitrogens with zero attached hydrogens (tertiary/aromatic N) is 2. The average Bonchev–Trinajstić information content (AvgIpc) is 3.62.